The largest absolute Gasteiger partial charge is 0.386 e. The third-order valence-corrected chi connectivity index (χ3v) is 8.32. The maximum atomic E-state index is 12.6. The van der Waals surface area contributed by atoms with Gasteiger partial charge in [0.2, 0.25) is 6.41 Å². The monoisotopic (exact) mass is 471 g/mol. The van der Waals surface area contributed by atoms with Crippen LogP contribution in [-0.4, -0.2) is 42.8 Å². The minimum absolute atomic E-state index is 0.170. The van der Waals surface area contributed by atoms with Gasteiger partial charge in [0.15, 0.2) is 9.84 Å². The summed E-state index contributed by atoms with van der Waals surface area (Å²) in [5, 5.41) is 18.5. The maximum absolute atomic E-state index is 12.6. The van der Waals surface area contributed by atoms with Crippen molar-refractivity contribution in [1.82, 2.24) is 4.98 Å². The van der Waals surface area contributed by atoms with Crippen molar-refractivity contribution < 1.29 is 17.9 Å². The molecule has 4 N–H and O–H groups in total. The lowest BCUT2D eigenvalue weighted by Crippen LogP contribution is -2.47. The molecule has 10 heteroatoms. The molecule has 0 saturated heterocycles. The summed E-state index contributed by atoms with van der Waals surface area (Å²) >= 11 is 0. The van der Waals surface area contributed by atoms with Crippen molar-refractivity contribution in [2.45, 2.75) is 45.0 Å². The van der Waals surface area contributed by atoms with Gasteiger partial charge in [0.25, 0.3) is 0 Å². The number of rotatable bonds is 6. The summed E-state index contributed by atoms with van der Waals surface area (Å²) in [4.78, 5) is 14.6. The first-order valence-corrected chi connectivity index (χ1v) is 11.9. The van der Waals surface area contributed by atoms with Gasteiger partial charge in [-0.1, -0.05) is 6.07 Å². The van der Waals surface area contributed by atoms with E-state index in [0.717, 1.165) is 22.4 Å². The third kappa shape index (κ3) is 6.15. The number of carbonyl (C=O) groups is 1. The lowest BCUT2D eigenvalue weighted by atomic mass is 9.94. The van der Waals surface area contributed by atoms with Crippen molar-refractivity contribution in [1.29, 1.82) is 10.7 Å². The Balaban J connectivity index is 0.000000321. The van der Waals surface area contributed by atoms with Crippen molar-refractivity contribution >= 4 is 27.8 Å². The topological polar surface area (TPSA) is 159 Å². The number of amides is 1. The predicted octanol–water partition coefficient (Wildman–Crippen LogP) is 2.57. The summed E-state index contributed by atoms with van der Waals surface area (Å²) < 4.78 is 29.3. The highest BCUT2D eigenvalue weighted by Gasteiger charge is 2.40. The van der Waals surface area contributed by atoms with Crippen LogP contribution in [0.3, 0.4) is 0 Å². The highest BCUT2D eigenvalue weighted by atomic mass is 32.2. The number of fused-ring (bicyclic) bond motifs is 1. The predicted molar refractivity (Wildman–Crippen MR) is 127 cm³/mol. The first-order valence-electron chi connectivity index (χ1n) is 10.2. The number of nitriles is 1. The molecule has 0 radical (unpaired) electrons. The number of nitrogens with one attached hydrogen (secondary N) is 2. The van der Waals surface area contributed by atoms with E-state index >= 15 is 0 Å². The number of aryl methyl sites for hydroxylation is 2. The van der Waals surface area contributed by atoms with Crippen LogP contribution in [0.15, 0.2) is 30.5 Å². The van der Waals surface area contributed by atoms with E-state index in [2.05, 4.69) is 10.3 Å². The van der Waals surface area contributed by atoms with Crippen molar-refractivity contribution in [3.05, 3.63) is 58.4 Å². The summed E-state index contributed by atoms with van der Waals surface area (Å²) in [6.07, 6.45) is 2.16. The van der Waals surface area contributed by atoms with E-state index in [1.54, 1.807) is 18.3 Å². The lowest BCUT2D eigenvalue weighted by Gasteiger charge is -2.30. The first kappa shape index (κ1) is 26.0. The number of amidine groups is 1. The molecule has 1 unspecified atom stereocenters. The normalized spacial score (nSPS) is 15.3. The van der Waals surface area contributed by atoms with E-state index in [-0.39, 0.29) is 24.1 Å². The molecule has 9 nitrogen and oxygen atoms in total. The van der Waals surface area contributed by atoms with Crippen molar-refractivity contribution in [3.8, 4) is 6.07 Å². The van der Waals surface area contributed by atoms with Gasteiger partial charge in [-0.2, -0.15) is 5.26 Å². The Labute approximate surface area is 194 Å². The zero-order chi connectivity index (χ0) is 24.8. The summed E-state index contributed by atoms with van der Waals surface area (Å²) in [6.45, 7) is 7.41. The number of hydrogen-bond donors (Lipinski definition) is 3. The maximum Gasteiger partial charge on any atom is 0.211 e. The minimum Gasteiger partial charge on any atom is -0.386 e. The quantitative estimate of drug-likeness (QED) is 0.331. The van der Waals surface area contributed by atoms with E-state index < -0.39 is 14.6 Å². The van der Waals surface area contributed by atoms with Gasteiger partial charge < -0.3 is 15.8 Å². The second-order valence-electron chi connectivity index (χ2n) is 8.33. The molecule has 1 aliphatic heterocycles. The van der Waals surface area contributed by atoms with Gasteiger partial charge in [-0.05, 0) is 62.6 Å². The van der Waals surface area contributed by atoms with E-state index in [0.29, 0.717) is 24.3 Å². The SMILES string of the molecule is CC(C)(C(=N)N)S(=O)(=O)CC1COCc2ccc(NC=O)cc21.Cc1cc(C#N)cnc1C. The molecule has 0 bridgehead atoms. The Morgan fingerprint density at radius 2 is 2.09 bits per heavy atom. The molecule has 33 heavy (non-hydrogen) atoms. The first-order chi connectivity index (χ1) is 15.4. The molecule has 176 valence electrons. The smallest absolute Gasteiger partial charge is 0.211 e. The second kappa shape index (κ2) is 10.6. The molecule has 3 rings (SSSR count). The van der Waals surface area contributed by atoms with Crippen LogP contribution in [0.4, 0.5) is 5.69 Å². The molecule has 0 saturated carbocycles. The van der Waals surface area contributed by atoms with Crippen LogP contribution >= 0.6 is 0 Å². The van der Waals surface area contributed by atoms with E-state index in [1.807, 2.05) is 32.0 Å². The average molecular weight is 472 g/mol. The average Bonchev–Trinajstić information content (AvgIpc) is 2.76. The summed E-state index contributed by atoms with van der Waals surface area (Å²) in [7, 11) is -3.65. The molecule has 0 aliphatic carbocycles. The number of benzene rings is 1. The van der Waals surface area contributed by atoms with Crippen LogP contribution in [0.5, 0.6) is 0 Å². The fourth-order valence-electron chi connectivity index (χ4n) is 3.15. The summed E-state index contributed by atoms with van der Waals surface area (Å²) in [6, 6.07) is 9.20. The van der Waals surface area contributed by atoms with Crippen LogP contribution in [0.25, 0.3) is 0 Å². The fourth-order valence-corrected chi connectivity index (χ4v) is 4.71. The number of anilines is 1. The van der Waals surface area contributed by atoms with Gasteiger partial charge in [-0.15, -0.1) is 0 Å². The van der Waals surface area contributed by atoms with E-state index in [9.17, 15) is 13.2 Å². The zero-order valence-corrected chi connectivity index (χ0v) is 20.0. The van der Waals surface area contributed by atoms with Crippen LogP contribution in [0, 0.1) is 30.6 Å². The number of sulfone groups is 1. The number of nitrogens with zero attached hydrogens (tertiary/aromatic N) is 2. The number of pyridine rings is 1. The molecule has 0 spiro atoms. The Morgan fingerprint density at radius 1 is 1.39 bits per heavy atom. The number of nitrogens with two attached hydrogens (primary N) is 1. The van der Waals surface area contributed by atoms with Crippen molar-refractivity contribution in [2.24, 2.45) is 5.73 Å². The molecular weight excluding hydrogens is 442 g/mol. The number of aromatic nitrogens is 1. The molecule has 2 heterocycles. The van der Waals surface area contributed by atoms with Crippen LogP contribution < -0.4 is 11.1 Å². The van der Waals surface area contributed by atoms with Gasteiger partial charge >= 0.3 is 0 Å². The molecule has 1 aliphatic rings. The molecule has 1 amide bonds. The highest BCUT2D eigenvalue weighted by molar-refractivity contribution is 7.93. The molecule has 0 fully saturated rings. The van der Waals surface area contributed by atoms with E-state index in [4.69, 9.17) is 21.1 Å². The Morgan fingerprint density at radius 3 is 2.67 bits per heavy atom. The molecular formula is C23H29N5O4S. The number of hydrogen-bond acceptors (Lipinski definition) is 7. The van der Waals surface area contributed by atoms with E-state index in [1.165, 1.54) is 13.8 Å². The Kier molecular flexibility index (Phi) is 8.30. The highest BCUT2D eigenvalue weighted by Crippen LogP contribution is 2.32. The Hall–Kier alpha value is -3.29. The third-order valence-electron chi connectivity index (χ3n) is 5.70. The molecule has 1 aromatic carbocycles. The van der Waals surface area contributed by atoms with Gasteiger partial charge in [0.05, 0.1) is 24.5 Å². The number of carbonyl (C=O) groups excluding carboxylic acids is 1. The van der Waals surface area contributed by atoms with Gasteiger partial charge in [-0.25, -0.2) is 8.42 Å². The van der Waals surface area contributed by atoms with Crippen molar-refractivity contribution in [2.75, 3.05) is 17.7 Å². The minimum atomic E-state index is -3.65. The van der Waals surface area contributed by atoms with Crippen LogP contribution in [0.1, 0.15) is 47.7 Å². The number of ether oxygens (including phenoxy) is 1. The Bertz CT molecular complexity index is 1190. The van der Waals surface area contributed by atoms with Crippen LogP contribution in [-0.2, 0) is 26.0 Å². The van der Waals surface area contributed by atoms with Gasteiger partial charge in [-0.3, -0.25) is 15.2 Å². The molecule has 1 atom stereocenters. The zero-order valence-electron chi connectivity index (χ0n) is 19.2. The van der Waals surface area contributed by atoms with Gasteiger partial charge in [0.1, 0.15) is 16.7 Å². The molecule has 2 aromatic rings. The summed E-state index contributed by atoms with van der Waals surface area (Å²) in [5.74, 6) is -0.918. The van der Waals surface area contributed by atoms with Gasteiger partial charge in [0, 0.05) is 23.5 Å². The standard InChI is InChI=1S/C15H21N3O4S.C8H8N2/c1-15(2,14(16)17)23(20,21)8-11-7-22-6-10-3-4-12(18-9-19)5-13(10)11;1-6-3-8(4-9)5-10-7(6)2/h3-5,9,11H,6-8H2,1-2H3,(H3,16,17)(H,18,19);3,5H,1-2H3. The summed E-state index contributed by atoms with van der Waals surface area (Å²) in [5.41, 5.74) is 10.5. The second-order valence-corrected chi connectivity index (χ2v) is 10.9. The lowest BCUT2D eigenvalue weighted by molar-refractivity contribution is -0.105. The van der Waals surface area contributed by atoms with Crippen molar-refractivity contribution in [3.63, 3.8) is 0 Å². The fraction of sp³-hybridized carbons (Fsp3) is 0.391. The molecule has 1 aromatic heterocycles. The van der Waals surface area contributed by atoms with Crippen LogP contribution in [0.2, 0.25) is 0 Å².